The van der Waals surface area contributed by atoms with Gasteiger partial charge in [0.2, 0.25) is 0 Å². The largest absolute Gasteiger partial charge is 0.455 e. The van der Waals surface area contributed by atoms with Crippen molar-refractivity contribution in [2.24, 2.45) is 10.8 Å². The first-order chi connectivity index (χ1) is 9.46. The summed E-state index contributed by atoms with van der Waals surface area (Å²) >= 11 is 0. The van der Waals surface area contributed by atoms with Crippen LogP contribution in [0.2, 0.25) is 0 Å². The fourth-order valence-corrected chi connectivity index (χ4v) is 2.79. The third kappa shape index (κ3) is 2.99. The van der Waals surface area contributed by atoms with Crippen LogP contribution < -0.4 is 0 Å². The molecule has 1 heterocycles. The highest BCUT2D eigenvalue weighted by Crippen LogP contribution is 2.45. The smallest absolute Gasteiger partial charge is 0.348 e. The van der Waals surface area contributed by atoms with E-state index in [0.29, 0.717) is 18.6 Å². The molecule has 0 N–H and O–H groups in total. The molecule has 1 spiro atoms. The Labute approximate surface area is 126 Å². The predicted octanol–water partition coefficient (Wildman–Crippen LogP) is 3.75. The van der Waals surface area contributed by atoms with Gasteiger partial charge in [-0.3, -0.25) is 4.79 Å². The first-order valence-corrected chi connectivity index (χ1v) is 7.68. The topological polar surface area (TPSA) is 52.6 Å². The Hall–Kier alpha value is -1.32. The van der Waals surface area contributed by atoms with Crippen LogP contribution in [0.15, 0.2) is 11.3 Å². The normalized spacial score (nSPS) is 22.3. The summed E-state index contributed by atoms with van der Waals surface area (Å²) in [6, 6.07) is 0. The van der Waals surface area contributed by atoms with Gasteiger partial charge in [-0.15, -0.1) is 0 Å². The summed E-state index contributed by atoms with van der Waals surface area (Å²) in [7, 11) is 0. The minimum atomic E-state index is -0.846. The second-order valence-corrected chi connectivity index (χ2v) is 8.14. The van der Waals surface area contributed by atoms with Crippen LogP contribution in [-0.2, 0) is 19.1 Å². The molecule has 4 heteroatoms. The Morgan fingerprint density at radius 3 is 1.95 bits per heavy atom. The van der Waals surface area contributed by atoms with Crippen LogP contribution in [0, 0.1) is 10.8 Å². The van der Waals surface area contributed by atoms with Crippen LogP contribution in [-0.4, -0.2) is 17.5 Å². The third-order valence-electron chi connectivity index (χ3n) is 3.95. The molecule has 0 aromatic heterocycles. The van der Waals surface area contributed by atoms with E-state index < -0.39 is 22.6 Å². The van der Waals surface area contributed by atoms with E-state index in [2.05, 4.69) is 0 Å². The fraction of sp³-hybridized carbons (Fsp3) is 0.765. The number of hydrogen-bond donors (Lipinski definition) is 0. The molecule has 0 radical (unpaired) electrons. The maximum absolute atomic E-state index is 12.7. The second kappa shape index (κ2) is 4.85. The summed E-state index contributed by atoms with van der Waals surface area (Å²) < 4.78 is 11.7. The molecule has 2 rings (SSSR count). The number of esters is 1. The number of ketones is 1. The lowest BCUT2D eigenvalue weighted by Crippen LogP contribution is -2.45. The summed E-state index contributed by atoms with van der Waals surface area (Å²) in [5.74, 6) is -1.10. The third-order valence-corrected chi connectivity index (χ3v) is 3.95. The summed E-state index contributed by atoms with van der Waals surface area (Å²) in [5, 5.41) is 0. The quantitative estimate of drug-likeness (QED) is 0.546. The maximum Gasteiger partial charge on any atom is 0.348 e. The molecule has 0 atom stereocenters. The lowest BCUT2D eigenvalue weighted by molar-refractivity contribution is -0.226. The molecular weight excluding hydrogens is 268 g/mol. The van der Waals surface area contributed by atoms with Crippen molar-refractivity contribution in [3.63, 3.8) is 0 Å². The van der Waals surface area contributed by atoms with Crippen molar-refractivity contribution in [3.8, 4) is 0 Å². The zero-order valence-electron chi connectivity index (χ0n) is 14.0. The molecule has 1 saturated carbocycles. The molecule has 0 unspecified atom stereocenters. The monoisotopic (exact) mass is 294 g/mol. The van der Waals surface area contributed by atoms with Crippen molar-refractivity contribution >= 4 is 11.8 Å². The Kier molecular flexibility index (Phi) is 3.71. The maximum atomic E-state index is 12.7. The molecule has 1 aliphatic heterocycles. The van der Waals surface area contributed by atoms with Gasteiger partial charge in [0.05, 0.1) is 0 Å². The number of ether oxygens (including phenoxy) is 2. The highest BCUT2D eigenvalue weighted by atomic mass is 16.7. The zero-order chi connectivity index (χ0) is 16.1. The number of hydrogen-bond acceptors (Lipinski definition) is 4. The molecule has 0 aromatic rings. The molecule has 0 aromatic carbocycles. The van der Waals surface area contributed by atoms with E-state index in [1.54, 1.807) is 20.8 Å². The first kappa shape index (κ1) is 16.1. The Morgan fingerprint density at radius 1 is 1.00 bits per heavy atom. The molecule has 21 heavy (non-hydrogen) atoms. The lowest BCUT2D eigenvalue weighted by atomic mass is 9.81. The number of carbonyl (C=O) groups is 2. The molecule has 1 aliphatic carbocycles. The Balaban J connectivity index is 2.52. The van der Waals surface area contributed by atoms with Crippen LogP contribution in [0.1, 0.15) is 67.2 Å². The van der Waals surface area contributed by atoms with Crippen molar-refractivity contribution < 1.29 is 19.1 Å². The van der Waals surface area contributed by atoms with E-state index in [1.165, 1.54) is 0 Å². The number of allylic oxidation sites excluding steroid dienone is 1. The Bertz CT molecular complexity index is 494. The molecule has 118 valence electrons. The molecule has 4 nitrogen and oxygen atoms in total. The average Bonchev–Trinajstić information content (AvgIpc) is 2.73. The van der Waals surface area contributed by atoms with E-state index >= 15 is 0 Å². The first-order valence-electron chi connectivity index (χ1n) is 7.68. The average molecular weight is 294 g/mol. The number of Topliss-reactive ketones (excluding diaryl/α,β-unsaturated/α-hetero) is 1. The van der Waals surface area contributed by atoms with Crippen LogP contribution in [0.3, 0.4) is 0 Å². The van der Waals surface area contributed by atoms with Crippen LogP contribution >= 0.6 is 0 Å². The van der Waals surface area contributed by atoms with E-state index in [0.717, 1.165) is 12.8 Å². The SMILES string of the molecule is CC(C)(C)C(=O)C1=C(C(C)(C)C)OC2(CCCC2)OC1=O. The Morgan fingerprint density at radius 2 is 1.52 bits per heavy atom. The van der Waals surface area contributed by atoms with Gasteiger partial charge in [0.25, 0.3) is 5.79 Å². The zero-order valence-corrected chi connectivity index (χ0v) is 14.0. The summed E-state index contributed by atoms with van der Waals surface area (Å²) in [6.45, 7) is 11.3. The van der Waals surface area contributed by atoms with Crippen LogP contribution in [0.25, 0.3) is 0 Å². The van der Waals surface area contributed by atoms with E-state index in [9.17, 15) is 9.59 Å². The number of rotatable bonds is 1. The number of carbonyl (C=O) groups excluding carboxylic acids is 2. The van der Waals surface area contributed by atoms with Gasteiger partial charge in [0, 0.05) is 23.7 Å². The fourth-order valence-electron chi connectivity index (χ4n) is 2.79. The van der Waals surface area contributed by atoms with E-state index in [4.69, 9.17) is 9.47 Å². The highest BCUT2D eigenvalue weighted by molar-refractivity contribution is 6.20. The van der Waals surface area contributed by atoms with Crippen LogP contribution in [0.5, 0.6) is 0 Å². The summed E-state index contributed by atoms with van der Waals surface area (Å²) in [6.07, 6.45) is 3.37. The highest BCUT2D eigenvalue weighted by Gasteiger charge is 2.50. The summed E-state index contributed by atoms with van der Waals surface area (Å²) in [5.41, 5.74) is -0.966. The minimum absolute atomic E-state index is 0.0903. The minimum Gasteiger partial charge on any atom is -0.455 e. The second-order valence-electron chi connectivity index (χ2n) is 8.14. The van der Waals surface area contributed by atoms with Gasteiger partial charge >= 0.3 is 5.97 Å². The molecule has 2 aliphatic rings. The molecule has 0 saturated heterocycles. The van der Waals surface area contributed by atoms with Gasteiger partial charge < -0.3 is 9.47 Å². The van der Waals surface area contributed by atoms with E-state index in [1.807, 2.05) is 20.8 Å². The van der Waals surface area contributed by atoms with Crippen molar-refractivity contribution in [1.29, 1.82) is 0 Å². The molecule has 1 fully saturated rings. The summed E-state index contributed by atoms with van der Waals surface area (Å²) in [4.78, 5) is 25.2. The van der Waals surface area contributed by atoms with Gasteiger partial charge in [-0.05, 0) is 12.8 Å². The van der Waals surface area contributed by atoms with Gasteiger partial charge in [-0.25, -0.2) is 4.79 Å². The molecule has 0 amide bonds. The predicted molar refractivity (Wildman–Crippen MR) is 79.3 cm³/mol. The van der Waals surface area contributed by atoms with Crippen LogP contribution in [0.4, 0.5) is 0 Å². The van der Waals surface area contributed by atoms with Gasteiger partial charge in [-0.2, -0.15) is 0 Å². The van der Waals surface area contributed by atoms with Gasteiger partial charge in [-0.1, -0.05) is 41.5 Å². The standard InChI is InChI=1S/C17H26O4/c1-15(2,3)12(18)11-13(16(4,5)6)20-17(21-14(11)19)9-7-8-10-17/h7-10H2,1-6H3. The van der Waals surface area contributed by atoms with Gasteiger partial charge in [0.1, 0.15) is 11.3 Å². The molecule has 0 bridgehead atoms. The van der Waals surface area contributed by atoms with Crippen molar-refractivity contribution in [2.75, 3.05) is 0 Å². The van der Waals surface area contributed by atoms with Crippen molar-refractivity contribution in [3.05, 3.63) is 11.3 Å². The van der Waals surface area contributed by atoms with Gasteiger partial charge in [0.15, 0.2) is 5.78 Å². The molecular formula is C17H26O4. The van der Waals surface area contributed by atoms with E-state index in [-0.39, 0.29) is 11.4 Å². The van der Waals surface area contributed by atoms with Crippen molar-refractivity contribution in [1.82, 2.24) is 0 Å². The van der Waals surface area contributed by atoms with Crippen molar-refractivity contribution in [2.45, 2.75) is 73.0 Å². The lowest BCUT2D eigenvalue weighted by Gasteiger charge is -2.40.